The van der Waals surface area contributed by atoms with Gasteiger partial charge in [0.1, 0.15) is 0 Å². The first-order chi connectivity index (χ1) is 24.7. The van der Waals surface area contributed by atoms with Crippen molar-refractivity contribution >= 4 is 39.7 Å². The standard InChI is InChI=1S/C24H34GeN.C23H23N2O.Ir/c1-18(2)14-22-16-24(26-17-23(22)25(3,4)5)21-13-9-12-20(15-21)19-10-7-6-8-11-19;1-14(2)19-10-9-17-16-7-6-8-18(21(16)26-22(17)25-19)20-13-15(11-12-24-20)23(3,4)5;/h9,12,15-19H,6-8,10-11,14H2,1-5H3;6-7,9-14H,1-5H3;/q2*-1;. The minimum Gasteiger partial charge on any atom is -0.486 e. The van der Waals surface area contributed by atoms with Crippen LogP contribution in [0.5, 0.6) is 0 Å². The fraction of sp³-hybridized carbons (Fsp3) is 0.426. The summed E-state index contributed by atoms with van der Waals surface area (Å²) in [5.41, 5.74) is 10.9. The molecular formula is C47H57GeIrN3O-2. The fourth-order valence-electron chi connectivity index (χ4n) is 7.43. The van der Waals surface area contributed by atoms with Crippen LogP contribution in [0.3, 0.4) is 0 Å². The fourth-order valence-corrected chi connectivity index (χ4v) is 10.8. The minimum atomic E-state index is -1.91. The predicted molar refractivity (Wildman–Crippen MR) is 222 cm³/mol. The normalized spacial score (nSPS) is 14.0. The topological polar surface area (TPSA) is 51.8 Å². The van der Waals surface area contributed by atoms with Gasteiger partial charge in [-0.1, -0.05) is 51.6 Å². The molecule has 1 aliphatic rings. The van der Waals surface area contributed by atoms with Gasteiger partial charge in [0, 0.05) is 37.4 Å². The van der Waals surface area contributed by atoms with E-state index in [1.807, 2.05) is 18.3 Å². The number of hydrogen-bond acceptors (Lipinski definition) is 4. The summed E-state index contributed by atoms with van der Waals surface area (Å²) in [6.45, 7) is 15.5. The first-order valence-corrected chi connectivity index (χ1v) is 26.8. The van der Waals surface area contributed by atoms with Crippen LogP contribution in [-0.4, -0.2) is 28.2 Å². The van der Waals surface area contributed by atoms with Crippen molar-refractivity contribution in [2.24, 2.45) is 5.92 Å². The van der Waals surface area contributed by atoms with Gasteiger partial charge in [0.25, 0.3) is 0 Å². The average molecular weight is 945 g/mol. The second-order valence-electron chi connectivity index (χ2n) is 17.6. The third kappa shape index (κ3) is 9.77. The molecule has 6 aromatic rings. The molecule has 2 aromatic carbocycles. The van der Waals surface area contributed by atoms with Crippen LogP contribution < -0.4 is 4.40 Å². The smallest absolute Gasteiger partial charge is 0.216 e. The number of nitrogens with zero attached hydrogens (tertiary/aromatic N) is 3. The summed E-state index contributed by atoms with van der Waals surface area (Å²) in [6, 6.07) is 28.2. The van der Waals surface area contributed by atoms with Crippen molar-refractivity contribution in [3.05, 3.63) is 108 Å². The number of benzene rings is 2. The van der Waals surface area contributed by atoms with Crippen molar-refractivity contribution in [2.75, 3.05) is 0 Å². The second kappa shape index (κ2) is 17.1. The maximum Gasteiger partial charge on any atom is 0.216 e. The Morgan fingerprint density at radius 1 is 0.830 bits per heavy atom. The molecule has 0 unspecified atom stereocenters. The SMILES string of the molecule is CC(C)Cc1cc(-c2[c-]ccc(C3CCCCC3)c2)nc[c]1[Ge]([CH3])([CH3])[CH3].CC(C)c1ccc2c(n1)oc1c(-c3cc(C(C)(C)C)ccn3)[c-]ccc12.[Ir]. The Balaban J connectivity index is 0.000000201. The molecule has 1 fully saturated rings. The Morgan fingerprint density at radius 2 is 1.57 bits per heavy atom. The van der Waals surface area contributed by atoms with Gasteiger partial charge in [-0.05, 0) is 40.8 Å². The van der Waals surface area contributed by atoms with E-state index < -0.39 is 13.3 Å². The van der Waals surface area contributed by atoms with Gasteiger partial charge in [-0.2, -0.15) is 0 Å². The van der Waals surface area contributed by atoms with Crippen LogP contribution in [0, 0.1) is 18.1 Å². The van der Waals surface area contributed by atoms with Gasteiger partial charge >= 0.3 is 163 Å². The van der Waals surface area contributed by atoms with Gasteiger partial charge in [-0.15, -0.1) is 18.2 Å². The molecule has 4 nitrogen and oxygen atoms in total. The third-order valence-electron chi connectivity index (χ3n) is 10.4. The van der Waals surface area contributed by atoms with Crippen LogP contribution >= 0.6 is 0 Å². The van der Waals surface area contributed by atoms with Gasteiger partial charge in [0.2, 0.25) is 5.71 Å². The first kappa shape index (κ1) is 41.1. The number of pyridine rings is 3. The van der Waals surface area contributed by atoms with Crippen LogP contribution in [0.2, 0.25) is 17.3 Å². The Bertz CT molecular complexity index is 2150. The van der Waals surface area contributed by atoms with Gasteiger partial charge in [-0.25, -0.2) is 4.98 Å². The van der Waals surface area contributed by atoms with E-state index >= 15 is 0 Å². The molecule has 53 heavy (non-hydrogen) atoms. The van der Waals surface area contributed by atoms with Crippen LogP contribution in [-0.2, 0) is 31.9 Å². The van der Waals surface area contributed by atoms with Gasteiger partial charge in [0.15, 0.2) is 0 Å². The molecule has 4 aromatic heterocycles. The number of fused-ring (bicyclic) bond motifs is 3. The van der Waals surface area contributed by atoms with Crippen molar-refractivity contribution in [3.8, 4) is 22.5 Å². The second-order valence-corrected chi connectivity index (χ2v) is 28.1. The van der Waals surface area contributed by atoms with E-state index in [0.717, 1.165) is 51.3 Å². The zero-order valence-electron chi connectivity index (χ0n) is 33.5. The van der Waals surface area contributed by atoms with Crippen molar-refractivity contribution in [1.82, 2.24) is 15.0 Å². The van der Waals surface area contributed by atoms with Gasteiger partial charge < -0.3 is 9.40 Å². The molecule has 1 aliphatic carbocycles. The number of aromatic nitrogens is 3. The summed E-state index contributed by atoms with van der Waals surface area (Å²) in [6.07, 6.45) is 12.0. The van der Waals surface area contributed by atoms with Crippen LogP contribution in [0.25, 0.3) is 44.6 Å². The minimum absolute atomic E-state index is 0. The molecule has 1 saturated carbocycles. The van der Waals surface area contributed by atoms with Crippen LogP contribution in [0.15, 0.2) is 77.5 Å². The summed E-state index contributed by atoms with van der Waals surface area (Å²) >= 11 is -1.91. The molecule has 281 valence electrons. The Labute approximate surface area is 334 Å². The van der Waals surface area contributed by atoms with Gasteiger partial charge in [-0.3, -0.25) is 0 Å². The summed E-state index contributed by atoms with van der Waals surface area (Å²) in [7, 11) is 0. The maximum absolute atomic E-state index is 6.17. The van der Waals surface area contributed by atoms with Crippen molar-refractivity contribution in [2.45, 2.75) is 122 Å². The molecule has 0 saturated heterocycles. The summed E-state index contributed by atoms with van der Waals surface area (Å²) in [4.78, 5) is 14.2. The first-order valence-electron chi connectivity index (χ1n) is 19.4. The molecule has 6 heteroatoms. The summed E-state index contributed by atoms with van der Waals surface area (Å²) in [5, 5.41) is 2.09. The molecule has 0 aliphatic heterocycles. The average Bonchev–Trinajstić information content (AvgIpc) is 3.49. The Hall–Kier alpha value is -3.12. The molecule has 7 rings (SSSR count). The number of furan rings is 1. The molecule has 0 amide bonds. The largest absolute Gasteiger partial charge is 0.486 e. The molecule has 4 heterocycles. The van der Waals surface area contributed by atoms with Crippen molar-refractivity contribution in [3.63, 3.8) is 0 Å². The number of hydrogen-bond donors (Lipinski definition) is 0. The molecule has 0 spiro atoms. The monoisotopic (exact) mass is 946 g/mol. The molecule has 0 bridgehead atoms. The Morgan fingerprint density at radius 3 is 2.25 bits per heavy atom. The van der Waals surface area contributed by atoms with Crippen LogP contribution in [0.4, 0.5) is 0 Å². The zero-order chi connectivity index (χ0) is 37.2. The van der Waals surface area contributed by atoms with Crippen LogP contribution in [0.1, 0.15) is 115 Å². The van der Waals surface area contributed by atoms with E-state index in [2.05, 4.69) is 138 Å². The Kier molecular flexibility index (Phi) is 13.3. The zero-order valence-corrected chi connectivity index (χ0v) is 38.0. The quantitative estimate of drug-likeness (QED) is 0.118. The van der Waals surface area contributed by atoms with E-state index in [0.29, 0.717) is 17.5 Å². The molecule has 0 atom stereocenters. The summed E-state index contributed by atoms with van der Waals surface area (Å²) < 4.78 is 7.73. The van der Waals surface area contributed by atoms with Crippen molar-refractivity contribution in [1.29, 1.82) is 0 Å². The van der Waals surface area contributed by atoms with E-state index in [-0.39, 0.29) is 25.5 Å². The number of rotatable bonds is 7. The van der Waals surface area contributed by atoms with Crippen molar-refractivity contribution < 1.29 is 24.5 Å². The molecule has 1 radical (unpaired) electrons. The third-order valence-corrected chi connectivity index (χ3v) is 14.7. The van der Waals surface area contributed by atoms with Gasteiger partial charge in [0.05, 0.1) is 5.58 Å². The summed E-state index contributed by atoms with van der Waals surface area (Å²) in [5.74, 6) is 9.18. The van der Waals surface area contributed by atoms with E-state index in [1.165, 1.54) is 54.4 Å². The van der Waals surface area contributed by atoms with E-state index in [4.69, 9.17) is 14.4 Å². The molecular weight excluding hydrogens is 887 g/mol. The van der Waals surface area contributed by atoms with E-state index in [9.17, 15) is 0 Å². The van der Waals surface area contributed by atoms with E-state index in [1.54, 1.807) is 4.40 Å². The molecule has 0 N–H and O–H groups in total. The predicted octanol–water partition coefficient (Wildman–Crippen LogP) is 12.6. The maximum atomic E-state index is 6.17.